The molecule has 0 radical (unpaired) electrons. The second-order valence-electron chi connectivity index (χ2n) is 4.63. The molecule has 7 heteroatoms. The zero-order valence-electron chi connectivity index (χ0n) is 11.1. The minimum atomic E-state index is -0.471. The second-order valence-corrected chi connectivity index (χ2v) is 5.07. The zero-order chi connectivity index (χ0) is 15.7. The molecule has 3 N–H and O–H groups in total. The number of benzene rings is 2. The molecule has 0 aromatic heterocycles. The average molecular weight is 316 g/mol. The van der Waals surface area contributed by atoms with Crippen molar-refractivity contribution in [2.75, 3.05) is 10.6 Å². The molecule has 0 saturated heterocycles. The topological polar surface area (TPSA) is 87.3 Å². The van der Waals surface area contributed by atoms with Crippen molar-refractivity contribution in [3.05, 3.63) is 58.6 Å². The fraction of sp³-hybridized carbons (Fsp3) is 0. The van der Waals surface area contributed by atoms with Crippen LogP contribution in [0.2, 0.25) is 5.02 Å². The lowest BCUT2D eigenvalue weighted by atomic mass is 10.1. The minimum absolute atomic E-state index is 0.245. The fourth-order valence-corrected chi connectivity index (χ4v) is 2.20. The van der Waals surface area contributed by atoms with Crippen molar-refractivity contribution < 1.29 is 14.4 Å². The fourth-order valence-electron chi connectivity index (χ4n) is 2.07. The van der Waals surface area contributed by atoms with E-state index in [0.29, 0.717) is 22.0 Å². The van der Waals surface area contributed by atoms with Gasteiger partial charge in [0, 0.05) is 16.4 Å². The SMILES string of the molecule is O=C(Nc1ccc(Cl)cc1)Nc1ccc2c(c1)C(=O)NC2=O. The summed E-state index contributed by atoms with van der Waals surface area (Å²) in [5, 5.41) is 7.98. The maximum Gasteiger partial charge on any atom is 0.323 e. The lowest BCUT2D eigenvalue weighted by molar-refractivity contribution is 0.0879. The van der Waals surface area contributed by atoms with Crippen LogP contribution >= 0.6 is 11.6 Å². The molecule has 6 nitrogen and oxygen atoms in total. The molecule has 4 amide bonds. The molecule has 1 aliphatic rings. The third-order valence-corrected chi connectivity index (χ3v) is 3.35. The summed E-state index contributed by atoms with van der Waals surface area (Å²) in [4.78, 5) is 34.9. The van der Waals surface area contributed by atoms with Gasteiger partial charge in [0.1, 0.15) is 0 Å². The van der Waals surface area contributed by atoms with Gasteiger partial charge in [-0.1, -0.05) is 11.6 Å². The summed E-state index contributed by atoms with van der Waals surface area (Å²) in [7, 11) is 0. The molecular formula is C15H10ClN3O3. The van der Waals surface area contributed by atoms with Crippen LogP contribution in [0.3, 0.4) is 0 Å². The van der Waals surface area contributed by atoms with E-state index in [1.54, 1.807) is 30.3 Å². The number of amides is 4. The van der Waals surface area contributed by atoms with E-state index in [1.807, 2.05) is 0 Å². The molecule has 1 aliphatic heterocycles. The smallest absolute Gasteiger partial charge is 0.308 e. The van der Waals surface area contributed by atoms with Gasteiger partial charge in [0.25, 0.3) is 11.8 Å². The maximum absolute atomic E-state index is 11.9. The number of urea groups is 1. The highest BCUT2D eigenvalue weighted by molar-refractivity contribution is 6.30. The summed E-state index contributed by atoms with van der Waals surface area (Å²) < 4.78 is 0. The van der Waals surface area contributed by atoms with Gasteiger partial charge in [0.15, 0.2) is 0 Å². The van der Waals surface area contributed by atoms with Gasteiger partial charge in [-0.3, -0.25) is 14.9 Å². The van der Waals surface area contributed by atoms with Gasteiger partial charge in [-0.15, -0.1) is 0 Å². The summed E-state index contributed by atoms with van der Waals surface area (Å²) in [5.41, 5.74) is 1.54. The zero-order valence-corrected chi connectivity index (χ0v) is 11.9. The van der Waals surface area contributed by atoms with Crippen LogP contribution in [-0.2, 0) is 0 Å². The maximum atomic E-state index is 11.9. The predicted molar refractivity (Wildman–Crippen MR) is 82.3 cm³/mol. The Morgan fingerprint density at radius 3 is 2.18 bits per heavy atom. The molecule has 1 heterocycles. The summed E-state index contributed by atoms with van der Waals surface area (Å²) in [6.45, 7) is 0. The molecule has 0 saturated carbocycles. The van der Waals surface area contributed by atoms with E-state index in [1.165, 1.54) is 12.1 Å². The lowest BCUT2D eigenvalue weighted by Crippen LogP contribution is -2.20. The van der Waals surface area contributed by atoms with Crippen LogP contribution in [0, 0.1) is 0 Å². The Kier molecular flexibility index (Phi) is 3.52. The summed E-state index contributed by atoms with van der Waals surface area (Å²) in [6, 6.07) is 10.7. The van der Waals surface area contributed by atoms with E-state index in [2.05, 4.69) is 16.0 Å². The Bertz CT molecular complexity index is 787. The lowest BCUT2D eigenvalue weighted by Gasteiger charge is -2.08. The van der Waals surface area contributed by atoms with E-state index in [4.69, 9.17) is 11.6 Å². The van der Waals surface area contributed by atoms with Crippen molar-refractivity contribution in [1.29, 1.82) is 0 Å². The Balaban J connectivity index is 1.72. The normalized spacial score (nSPS) is 12.6. The van der Waals surface area contributed by atoms with Crippen LogP contribution in [0.1, 0.15) is 20.7 Å². The predicted octanol–water partition coefficient (Wildman–Crippen LogP) is 2.87. The molecule has 110 valence electrons. The highest BCUT2D eigenvalue weighted by Gasteiger charge is 2.26. The van der Waals surface area contributed by atoms with E-state index < -0.39 is 17.8 Å². The summed E-state index contributed by atoms with van der Waals surface area (Å²) in [5.74, 6) is -0.904. The van der Waals surface area contributed by atoms with Crippen LogP contribution in [0.4, 0.5) is 16.2 Å². The van der Waals surface area contributed by atoms with Gasteiger partial charge in [0.2, 0.25) is 0 Å². The number of hydrogen-bond donors (Lipinski definition) is 3. The van der Waals surface area contributed by atoms with Crippen LogP contribution in [0.5, 0.6) is 0 Å². The first-order valence-electron chi connectivity index (χ1n) is 6.36. The molecule has 0 atom stereocenters. The number of nitrogens with one attached hydrogen (secondary N) is 3. The van der Waals surface area contributed by atoms with E-state index >= 15 is 0 Å². The second kappa shape index (κ2) is 5.50. The average Bonchev–Trinajstić information content (AvgIpc) is 2.76. The van der Waals surface area contributed by atoms with E-state index in [-0.39, 0.29) is 5.56 Å². The first kappa shape index (κ1) is 14.1. The van der Waals surface area contributed by atoms with Gasteiger partial charge in [0.05, 0.1) is 11.1 Å². The third kappa shape index (κ3) is 2.77. The number of rotatable bonds is 2. The standard InChI is InChI=1S/C15H10ClN3O3/c16-8-1-3-9(4-2-8)17-15(22)18-10-5-6-11-12(7-10)14(21)19-13(11)20/h1-7H,(H2,17,18,22)(H,19,20,21). The van der Waals surface area contributed by atoms with Crippen LogP contribution in [0.15, 0.2) is 42.5 Å². The Morgan fingerprint density at radius 1 is 0.864 bits per heavy atom. The van der Waals surface area contributed by atoms with Gasteiger partial charge in [-0.25, -0.2) is 4.79 Å². The molecule has 2 aromatic carbocycles. The van der Waals surface area contributed by atoms with Gasteiger partial charge < -0.3 is 10.6 Å². The van der Waals surface area contributed by atoms with Crippen LogP contribution in [0.25, 0.3) is 0 Å². The quantitative estimate of drug-likeness (QED) is 0.745. The highest BCUT2D eigenvalue weighted by Crippen LogP contribution is 2.20. The molecule has 0 unspecified atom stereocenters. The number of anilines is 2. The van der Waals surface area contributed by atoms with Crippen molar-refractivity contribution in [2.24, 2.45) is 0 Å². The molecule has 3 rings (SSSR count). The number of imide groups is 1. The van der Waals surface area contributed by atoms with Crippen molar-refractivity contribution >= 4 is 40.8 Å². The first-order chi connectivity index (χ1) is 10.5. The van der Waals surface area contributed by atoms with Crippen LogP contribution < -0.4 is 16.0 Å². The molecule has 0 aliphatic carbocycles. The minimum Gasteiger partial charge on any atom is -0.308 e. The summed E-state index contributed by atoms with van der Waals surface area (Å²) in [6.07, 6.45) is 0. The van der Waals surface area contributed by atoms with Gasteiger partial charge in [-0.05, 0) is 42.5 Å². The van der Waals surface area contributed by atoms with E-state index in [0.717, 1.165) is 0 Å². The molecular weight excluding hydrogens is 306 g/mol. The Labute approximate surface area is 130 Å². The Hall–Kier alpha value is -2.86. The van der Waals surface area contributed by atoms with E-state index in [9.17, 15) is 14.4 Å². The monoisotopic (exact) mass is 315 g/mol. The number of halogens is 1. The molecule has 2 aromatic rings. The van der Waals surface area contributed by atoms with Crippen molar-refractivity contribution in [1.82, 2.24) is 5.32 Å². The Morgan fingerprint density at radius 2 is 1.45 bits per heavy atom. The number of fused-ring (bicyclic) bond motifs is 1. The molecule has 0 bridgehead atoms. The molecule has 0 fully saturated rings. The third-order valence-electron chi connectivity index (χ3n) is 3.10. The first-order valence-corrected chi connectivity index (χ1v) is 6.74. The number of carbonyl (C=O) groups is 3. The van der Waals surface area contributed by atoms with Crippen molar-refractivity contribution in [2.45, 2.75) is 0 Å². The molecule has 0 spiro atoms. The number of hydrogen-bond acceptors (Lipinski definition) is 3. The molecule has 22 heavy (non-hydrogen) atoms. The number of carbonyl (C=O) groups excluding carboxylic acids is 3. The van der Waals surface area contributed by atoms with Crippen molar-refractivity contribution in [3.8, 4) is 0 Å². The van der Waals surface area contributed by atoms with Gasteiger partial charge in [-0.2, -0.15) is 0 Å². The van der Waals surface area contributed by atoms with Crippen molar-refractivity contribution in [3.63, 3.8) is 0 Å². The summed E-state index contributed by atoms with van der Waals surface area (Å²) >= 11 is 5.76. The highest BCUT2D eigenvalue weighted by atomic mass is 35.5. The largest absolute Gasteiger partial charge is 0.323 e. The van der Waals surface area contributed by atoms with Crippen LogP contribution in [-0.4, -0.2) is 17.8 Å². The van der Waals surface area contributed by atoms with Gasteiger partial charge >= 0.3 is 6.03 Å².